The molecular formula is C12H17N3O2. The van der Waals surface area contributed by atoms with Crippen LogP contribution in [0.25, 0.3) is 0 Å². The second kappa shape index (κ2) is 4.73. The molecule has 1 saturated heterocycles. The summed E-state index contributed by atoms with van der Waals surface area (Å²) in [5.74, 6) is 0.106. The highest BCUT2D eigenvalue weighted by molar-refractivity contribution is 5.81. The molecule has 1 amide bonds. The van der Waals surface area contributed by atoms with Gasteiger partial charge in [-0.3, -0.25) is 14.8 Å². The van der Waals surface area contributed by atoms with E-state index >= 15 is 0 Å². The van der Waals surface area contributed by atoms with Crippen LogP contribution in [0.1, 0.15) is 18.1 Å². The van der Waals surface area contributed by atoms with Crippen LogP contribution in [-0.2, 0) is 4.79 Å². The molecule has 0 aliphatic carbocycles. The van der Waals surface area contributed by atoms with Gasteiger partial charge < -0.3 is 10.8 Å². The number of hydrazine groups is 1. The number of carbonyl (C=O) groups excluding carboxylic acids is 1. The number of anilines is 1. The summed E-state index contributed by atoms with van der Waals surface area (Å²) in [5, 5.41) is 13.2. The fraction of sp³-hybridized carbons (Fsp3) is 0.417. The van der Waals surface area contributed by atoms with Crippen molar-refractivity contribution in [3.63, 3.8) is 0 Å². The lowest BCUT2D eigenvalue weighted by Gasteiger charge is -2.26. The van der Waals surface area contributed by atoms with Crippen LogP contribution in [0.15, 0.2) is 24.3 Å². The summed E-state index contributed by atoms with van der Waals surface area (Å²) >= 11 is 0. The maximum Gasteiger partial charge on any atom is 0.242 e. The third-order valence-corrected chi connectivity index (χ3v) is 3.04. The molecule has 0 saturated carbocycles. The number of aliphatic hydroxyl groups is 1. The summed E-state index contributed by atoms with van der Waals surface area (Å²) in [4.78, 5) is 11.4. The highest BCUT2D eigenvalue weighted by Gasteiger charge is 2.25. The van der Waals surface area contributed by atoms with Gasteiger partial charge in [0.2, 0.25) is 5.91 Å². The Morgan fingerprint density at radius 3 is 2.88 bits per heavy atom. The fourth-order valence-electron chi connectivity index (χ4n) is 1.98. The largest absolute Gasteiger partial charge is 0.387 e. The molecule has 1 aromatic rings. The van der Waals surface area contributed by atoms with Crippen molar-refractivity contribution in [3.8, 4) is 0 Å². The maximum atomic E-state index is 11.4. The zero-order valence-corrected chi connectivity index (χ0v) is 9.84. The van der Waals surface area contributed by atoms with E-state index in [9.17, 15) is 9.90 Å². The zero-order valence-electron chi connectivity index (χ0n) is 9.84. The molecule has 1 atom stereocenters. The van der Waals surface area contributed by atoms with Gasteiger partial charge in [0, 0.05) is 26.6 Å². The van der Waals surface area contributed by atoms with Crippen molar-refractivity contribution in [2.45, 2.75) is 12.5 Å². The van der Waals surface area contributed by atoms with E-state index in [-0.39, 0.29) is 12.5 Å². The van der Waals surface area contributed by atoms with Crippen LogP contribution in [0, 0.1) is 0 Å². The molecule has 0 spiro atoms. The molecule has 1 aliphatic heterocycles. The maximum absolute atomic E-state index is 11.4. The summed E-state index contributed by atoms with van der Waals surface area (Å²) in [6, 6.07) is 7.48. The molecule has 0 aromatic heterocycles. The number of aliphatic hydroxyl groups excluding tert-OH is 1. The average Bonchev–Trinajstić information content (AvgIpc) is 2.69. The van der Waals surface area contributed by atoms with Crippen LogP contribution < -0.4 is 10.7 Å². The molecule has 5 heteroatoms. The van der Waals surface area contributed by atoms with E-state index in [4.69, 9.17) is 5.73 Å². The highest BCUT2D eigenvalue weighted by atomic mass is 16.3. The van der Waals surface area contributed by atoms with Gasteiger partial charge in [0.05, 0.1) is 11.8 Å². The quantitative estimate of drug-likeness (QED) is 0.788. The number of rotatable bonds is 3. The van der Waals surface area contributed by atoms with E-state index in [2.05, 4.69) is 0 Å². The minimum atomic E-state index is -0.654. The molecule has 1 fully saturated rings. The molecule has 5 nitrogen and oxygen atoms in total. The first-order valence-electron chi connectivity index (χ1n) is 5.65. The van der Waals surface area contributed by atoms with Crippen molar-refractivity contribution >= 4 is 11.6 Å². The van der Waals surface area contributed by atoms with Gasteiger partial charge in [-0.1, -0.05) is 12.1 Å². The van der Waals surface area contributed by atoms with Gasteiger partial charge in [-0.15, -0.1) is 0 Å². The van der Waals surface area contributed by atoms with Crippen LogP contribution in [0.4, 0.5) is 5.69 Å². The number of benzene rings is 1. The molecule has 1 unspecified atom stereocenters. The zero-order chi connectivity index (χ0) is 12.4. The fourth-order valence-corrected chi connectivity index (χ4v) is 1.98. The number of nitrogens with two attached hydrogens (primary N) is 1. The number of hydrogen-bond donors (Lipinski definition) is 2. The molecule has 1 aromatic carbocycles. The second-order valence-corrected chi connectivity index (χ2v) is 4.14. The predicted octanol–water partition coefficient (Wildman–Crippen LogP) is 0.262. The van der Waals surface area contributed by atoms with Gasteiger partial charge >= 0.3 is 0 Å². The average molecular weight is 235 g/mol. The van der Waals surface area contributed by atoms with Gasteiger partial charge in [0.25, 0.3) is 0 Å². The minimum Gasteiger partial charge on any atom is -0.387 e. The van der Waals surface area contributed by atoms with Crippen LogP contribution >= 0.6 is 0 Å². The van der Waals surface area contributed by atoms with Gasteiger partial charge in [-0.2, -0.15) is 0 Å². The van der Waals surface area contributed by atoms with Gasteiger partial charge in [-0.25, -0.2) is 0 Å². The van der Waals surface area contributed by atoms with Crippen LogP contribution in [0.2, 0.25) is 0 Å². The molecule has 3 N–H and O–H groups in total. The van der Waals surface area contributed by atoms with Crippen molar-refractivity contribution in [2.75, 3.05) is 25.1 Å². The number of nitrogens with zero attached hydrogens (tertiary/aromatic N) is 2. The lowest BCUT2D eigenvalue weighted by Crippen LogP contribution is -2.35. The normalized spacial score (nSPS) is 17.7. The first-order valence-corrected chi connectivity index (χ1v) is 5.65. The third-order valence-electron chi connectivity index (χ3n) is 3.04. The van der Waals surface area contributed by atoms with Crippen LogP contribution in [-0.4, -0.2) is 36.2 Å². The first kappa shape index (κ1) is 11.9. The number of amides is 1. The van der Waals surface area contributed by atoms with E-state index in [1.807, 2.05) is 29.3 Å². The highest BCUT2D eigenvalue weighted by Crippen LogP contribution is 2.24. The first-order chi connectivity index (χ1) is 8.13. The summed E-state index contributed by atoms with van der Waals surface area (Å²) in [6.07, 6.45) is -0.126. The molecule has 0 bridgehead atoms. The molecule has 92 valence electrons. The Bertz CT molecular complexity index is 422. The molecule has 17 heavy (non-hydrogen) atoms. The van der Waals surface area contributed by atoms with E-state index < -0.39 is 6.10 Å². The Hall–Kier alpha value is -1.59. The number of hydrogen-bond acceptors (Lipinski definition) is 4. The molecular weight excluding hydrogens is 218 g/mol. The Labute approximate surface area is 100 Å². The monoisotopic (exact) mass is 235 g/mol. The van der Waals surface area contributed by atoms with Gasteiger partial charge in [-0.05, 0) is 17.7 Å². The molecule has 2 rings (SSSR count). The van der Waals surface area contributed by atoms with E-state index in [0.717, 1.165) is 11.3 Å². The van der Waals surface area contributed by atoms with E-state index in [1.54, 1.807) is 12.1 Å². The minimum absolute atomic E-state index is 0.106. The van der Waals surface area contributed by atoms with Gasteiger partial charge in [0.15, 0.2) is 0 Å². The summed E-state index contributed by atoms with van der Waals surface area (Å²) in [7, 11) is 1.75. The Balaban J connectivity index is 2.24. The standard InChI is InChI=1S/C12H17N3O2/c1-14-12(17)5-6-15(14)10-4-2-3-9(7-10)11(16)8-13/h2-4,7,11,16H,5-6,8,13H2,1H3. The predicted molar refractivity (Wildman–Crippen MR) is 65.2 cm³/mol. The lowest BCUT2D eigenvalue weighted by molar-refractivity contribution is -0.126. The Morgan fingerprint density at radius 2 is 2.29 bits per heavy atom. The Morgan fingerprint density at radius 1 is 1.53 bits per heavy atom. The summed E-state index contributed by atoms with van der Waals surface area (Å²) in [5.41, 5.74) is 7.11. The topological polar surface area (TPSA) is 69.8 Å². The molecule has 1 aliphatic rings. The summed E-state index contributed by atoms with van der Waals surface area (Å²) < 4.78 is 0. The van der Waals surface area contributed by atoms with Crippen LogP contribution in [0.3, 0.4) is 0 Å². The SMILES string of the molecule is CN1C(=O)CCN1c1cccc(C(O)CN)c1. The smallest absolute Gasteiger partial charge is 0.242 e. The van der Waals surface area contributed by atoms with Crippen molar-refractivity contribution in [2.24, 2.45) is 5.73 Å². The van der Waals surface area contributed by atoms with Crippen LogP contribution in [0.5, 0.6) is 0 Å². The molecule has 1 heterocycles. The lowest BCUT2D eigenvalue weighted by atomic mass is 10.1. The Kier molecular flexibility index (Phi) is 3.31. The summed E-state index contributed by atoms with van der Waals surface area (Å²) in [6.45, 7) is 0.871. The van der Waals surface area contributed by atoms with Crippen molar-refractivity contribution in [1.82, 2.24) is 5.01 Å². The van der Waals surface area contributed by atoms with Crippen molar-refractivity contribution < 1.29 is 9.90 Å². The van der Waals surface area contributed by atoms with Crippen molar-refractivity contribution in [3.05, 3.63) is 29.8 Å². The second-order valence-electron chi connectivity index (χ2n) is 4.14. The van der Waals surface area contributed by atoms with E-state index in [0.29, 0.717) is 13.0 Å². The van der Waals surface area contributed by atoms with E-state index in [1.165, 1.54) is 0 Å². The van der Waals surface area contributed by atoms with Crippen molar-refractivity contribution in [1.29, 1.82) is 0 Å². The third kappa shape index (κ3) is 2.25. The number of carbonyl (C=O) groups is 1. The van der Waals surface area contributed by atoms with Gasteiger partial charge in [0.1, 0.15) is 0 Å². The molecule has 0 radical (unpaired) electrons.